The van der Waals surface area contributed by atoms with Crippen LogP contribution in [0, 0.1) is 5.82 Å². The highest BCUT2D eigenvalue weighted by Crippen LogP contribution is 2.26. The third kappa shape index (κ3) is 4.66. The maximum absolute atomic E-state index is 13.3. The molecule has 34 heavy (non-hydrogen) atoms. The van der Waals surface area contributed by atoms with Crippen molar-refractivity contribution in [3.63, 3.8) is 0 Å². The van der Waals surface area contributed by atoms with Gasteiger partial charge in [0.1, 0.15) is 23.9 Å². The molecular weight excluding hydrogens is 439 g/mol. The number of nitrogens with zero attached hydrogens (tertiary/aromatic N) is 1. The number of para-hydroxylation sites is 1. The molecular formula is C26H21FN2O5. The lowest BCUT2D eigenvalue weighted by Crippen LogP contribution is -2.24. The quantitative estimate of drug-likeness (QED) is 0.421. The molecule has 1 heterocycles. The first-order chi connectivity index (χ1) is 16.4. The molecule has 0 unspecified atom stereocenters. The number of halogens is 1. The molecule has 4 rings (SSSR count). The Kier molecular flexibility index (Phi) is 6.40. The predicted molar refractivity (Wildman–Crippen MR) is 126 cm³/mol. The molecule has 1 aromatic heterocycles. The van der Waals surface area contributed by atoms with E-state index in [9.17, 15) is 18.8 Å². The van der Waals surface area contributed by atoms with Crippen molar-refractivity contribution in [1.29, 1.82) is 0 Å². The number of carbonyl (C=O) groups excluding carboxylic acids is 2. The number of hydrogen-bond acceptors (Lipinski definition) is 5. The van der Waals surface area contributed by atoms with Crippen LogP contribution in [0.25, 0.3) is 10.9 Å². The van der Waals surface area contributed by atoms with E-state index in [0.29, 0.717) is 28.1 Å². The summed E-state index contributed by atoms with van der Waals surface area (Å²) in [5, 5.41) is 3.08. The molecule has 0 aliphatic carbocycles. The second-order valence-corrected chi connectivity index (χ2v) is 7.50. The van der Waals surface area contributed by atoms with Crippen LogP contribution < -0.4 is 20.2 Å². The SMILES string of the molecule is COc1cc(NC(=O)Cn2cc(C(=O)c3ccc(F)cc3)c(=O)c3ccccc32)cc(OC)c1. The average molecular weight is 460 g/mol. The Balaban J connectivity index is 1.70. The Labute approximate surface area is 194 Å². The lowest BCUT2D eigenvalue weighted by atomic mass is 10.0. The number of fused-ring (bicyclic) bond motifs is 1. The van der Waals surface area contributed by atoms with E-state index >= 15 is 0 Å². The summed E-state index contributed by atoms with van der Waals surface area (Å²) in [7, 11) is 3.01. The monoisotopic (exact) mass is 460 g/mol. The zero-order valence-corrected chi connectivity index (χ0v) is 18.5. The fraction of sp³-hybridized carbons (Fsp3) is 0.115. The highest BCUT2D eigenvalue weighted by molar-refractivity contribution is 6.10. The van der Waals surface area contributed by atoms with Crippen LogP contribution in [0.1, 0.15) is 15.9 Å². The number of aromatic nitrogens is 1. The van der Waals surface area contributed by atoms with Crippen molar-refractivity contribution in [2.75, 3.05) is 19.5 Å². The number of benzene rings is 3. The average Bonchev–Trinajstić information content (AvgIpc) is 2.85. The van der Waals surface area contributed by atoms with Gasteiger partial charge in [-0.05, 0) is 36.4 Å². The van der Waals surface area contributed by atoms with Crippen molar-refractivity contribution >= 4 is 28.3 Å². The molecule has 0 fully saturated rings. The first-order valence-corrected chi connectivity index (χ1v) is 10.3. The number of pyridine rings is 1. The minimum absolute atomic E-state index is 0.110. The summed E-state index contributed by atoms with van der Waals surface area (Å²) in [4.78, 5) is 39.0. The summed E-state index contributed by atoms with van der Waals surface area (Å²) in [6.45, 7) is -0.163. The van der Waals surface area contributed by atoms with E-state index in [4.69, 9.17) is 9.47 Å². The Hall–Kier alpha value is -4.46. The van der Waals surface area contributed by atoms with Crippen molar-refractivity contribution < 1.29 is 23.5 Å². The van der Waals surface area contributed by atoms with Crippen LogP contribution in [-0.2, 0) is 11.3 Å². The molecule has 7 nitrogen and oxygen atoms in total. The molecule has 0 atom stereocenters. The zero-order chi connectivity index (χ0) is 24.2. The molecule has 3 aromatic carbocycles. The third-order valence-electron chi connectivity index (χ3n) is 5.29. The second kappa shape index (κ2) is 9.58. The van der Waals surface area contributed by atoms with Crippen LogP contribution in [0.15, 0.2) is 77.7 Å². The van der Waals surface area contributed by atoms with Gasteiger partial charge in [0.2, 0.25) is 11.3 Å². The first kappa shape index (κ1) is 22.7. The largest absolute Gasteiger partial charge is 0.497 e. The highest BCUT2D eigenvalue weighted by atomic mass is 19.1. The van der Waals surface area contributed by atoms with Crippen molar-refractivity contribution in [3.05, 3.63) is 100 Å². The van der Waals surface area contributed by atoms with Gasteiger partial charge >= 0.3 is 0 Å². The van der Waals surface area contributed by atoms with Crippen LogP contribution in [-0.4, -0.2) is 30.5 Å². The number of carbonyl (C=O) groups is 2. The molecule has 0 bridgehead atoms. The zero-order valence-electron chi connectivity index (χ0n) is 18.5. The first-order valence-electron chi connectivity index (χ1n) is 10.3. The Bertz CT molecular complexity index is 1420. The van der Waals surface area contributed by atoms with Gasteiger partial charge in [0.05, 0.1) is 25.3 Å². The Morgan fingerprint density at radius 3 is 2.24 bits per heavy atom. The number of rotatable bonds is 7. The molecule has 0 saturated heterocycles. The van der Waals surface area contributed by atoms with E-state index < -0.39 is 17.0 Å². The number of hydrogen-bond donors (Lipinski definition) is 1. The van der Waals surface area contributed by atoms with Crippen molar-refractivity contribution in [2.24, 2.45) is 0 Å². The normalized spacial score (nSPS) is 10.7. The molecule has 8 heteroatoms. The van der Waals surface area contributed by atoms with Crippen molar-refractivity contribution in [1.82, 2.24) is 4.57 Å². The predicted octanol–water partition coefficient (Wildman–Crippen LogP) is 4.03. The molecule has 0 aliphatic heterocycles. The van der Waals surface area contributed by atoms with Crippen LogP contribution in [0.3, 0.4) is 0 Å². The van der Waals surface area contributed by atoms with E-state index in [1.54, 1.807) is 47.0 Å². The lowest BCUT2D eigenvalue weighted by molar-refractivity contribution is -0.116. The number of amides is 1. The summed E-state index contributed by atoms with van der Waals surface area (Å²) < 4.78 is 25.3. The summed E-state index contributed by atoms with van der Waals surface area (Å²) in [5.74, 6) is -0.406. The second-order valence-electron chi connectivity index (χ2n) is 7.50. The number of methoxy groups -OCH3 is 2. The molecule has 172 valence electrons. The van der Waals surface area contributed by atoms with Gasteiger partial charge in [-0.3, -0.25) is 14.4 Å². The number of nitrogens with one attached hydrogen (secondary N) is 1. The number of ketones is 1. The van der Waals surface area contributed by atoms with Crippen LogP contribution >= 0.6 is 0 Å². The fourth-order valence-electron chi connectivity index (χ4n) is 3.63. The van der Waals surface area contributed by atoms with Gasteiger partial charge in [-0.15, -0.1) is 0 Å². The topological polar surface area (TPSA) is 86.6 Å². The standard InChI is InChI=1S/C26H21FN2O5/c1-33-19-11-18(12-20(13-19)34-2)28-24(30)15-29-14-22(25(31)16-7-9-17(27)10-8-16)26(32)21-5-3-4-6-23(21)29/h3-14H,15H2,1-2H3,(H,28,30). The minimum atomic E-state index is -0.553. The maximum Gasteiger partial charge on any atom is 0.244 e. The molecule has 0 radical (unpaired) electrons. The van der Waals surface area contributed by atoms with E-state index in [1.165, 1.54) is 32.5 Å². The molecule has 0 saturated carbocycles. The van der Waals surface area contributed by atoms with Gasteiger partial charge in [-0.2, -0.15) is 0 Å². The van der Waals surface area contributed by atoms with E-state index in [1.807, 2.05) is 0 Å². The lowest BCUT2D eigenvalue weighted by Gasteiger charge is -2.14. The molecule has 1 N–H and O–H groups in total. The fourth-order valence-corrected chi connectivity index (χ4v) is 3.63. The number of ether oxygens (including phenoxy) is 2. The minimum Gasteiger partial charge on any atom is -0.497 e. The molecule has 1 amide bonds. The van der Waals surface area contributed by atoms with Gasteiger partial charge in [0.25, 0.3) is 0 Å². The smallest absolute Gasteiger partial charge is 0.244 e. The molecule has 0 spiro atoms. The van der Waals surface area contributed by atoms with Gasteiger partial charge < -0.3 is 19.4 Å². The third-order valence-corrected chi connectivity index (χ3v) is 5.29. The highest BCUT2D eigenvalue weighted by Gasteiger charge is 2.18. The van der Waals surface area contributed by atoms with E-state index in [-0.39, 0.29) is 23.6 Å². The summed E-state index contributed by atoms with van der Waals surface area (Å²) in [5.41, 5.74) is 0.573. The number of anilines is 1. The van der Waals surface area contributed by atoms with E-state index in [0.717, 1.165) is 12.1 Å². The van der Waals surface area contributed by atoms with Crippen LogP contribution in [0.5, 0.6) is 11.5 Å². The van der Waals surface area contributed by atoms with Gasteiger partial charge in [-0.25, -0.2) is 4.39 Å². The van der Waals surface area contributed by atoms with Crippen molar-refractivity contribution in [3.8, 4) is 11.5 Å². The van der Waals surface area contributed by atoms with Crippen molar-refractivity contribution in [2.45, 2.75) is 6.54 Å². The molecule has 4 aromatic rings. The Morgan fingerprint density at radius 1 is 0.941 bits per heavy atom. The van der Waals surface area contributed by atoms with Crippen LogP contribution in [0.2, 0.25) is 0 Å². The van der Waals surface area contributed by atoms with Gasteiger partial charge in [0, 0.05) is 41.0 Å². The van der Waals surface area contributed by atoms with Crippen LogP contribution in [0.4, 0.5) is 10.1 Å². The summed E-state index contributed by atoms with van der Waals surface area (Å²) in [6.07, 6.45) is 1.36. The van der Waals surface area contributed by atoms with Gasteiger partial charge in [0.15, 0.2) is 5.78 Å². The van der Waals surface area contributed by atoms with Gasteiger partial charge in [-0.1, -0.05) is 12.1 Å². The molecule has 0 aliphatic rings. The Morgan fingerprint density at radius 2 is 1.59 bits per heavy atom. The van der Waals surface area contributed by atoms with E-state index in [2.05, 4.69) is 5.32 Å². The summed E-state index contributed by atoms with van der Waals surface area (Å²) >= 11 is 0. The summed E-state index contributed by atoms with van der Waals surface area (Å²) in [6, 6.07) is 16.6. The maximum atomic E-state index is 13.3.